The topological polar surface area (TPSA) is 41.6 Å². The number of hydrogen-bond donors (Lipinski definition) is 1. The number of methoxy groups -OCH3 is 1. The monoisotopic (exact) mass is 214 g/mol. The summed E-state index contributed by atoms with van der Waals surface area (Å²) in [6, 6.07) is 0. The molecular weight excluding hydrogens is 192 g/mol. The molecule has 15 heavy (non-hydrogen) atoms. The molecule has 1 heterocycles. The maximum Gasteiger partial charge on any atom is 0.308 e. The molecule has 0 aromatic rings. The lowest BCUT2D eigenvalue weighted by atomic mass is 10.0. The highest BCUT2D eigenvalue weighted by atomic mass is 16.5. The lowest BCUT2D eigenvalue weighted by molar-refractivity contribution is -0.145. The third-order valence-corrected chi connectivity index (χ3v) is 3.03. The predicted octanol–water partition coefficient (Wildman–Crippen LogP) is 0.481. The van der Waals surface area contributed by atoms with Gasteiger partial charge in [0.2, 0.25) is 0 Å². The van der Waals surface area contributed by atoms with Crippen LogP contribution in [0, 0.1) is 5.92 Å². The van der Waals surface area contributed by atoms with E-state index in [0.717, 1.165) is 45.6 Å². The van der Waals surface area contributed by atoms with Crippen LogP contribution in [0.4, 0.5) is 0 Å². The molecular formula is C11H22N2O2. The minimum Gasteiger partial charge on any atom is -0.469 e. The number of esters is 1. The Morgan fingerprint density at radius 1 is 1.47 bits per heavy atom. The van der Waals surface area contributed by atoms with Gasteiger partial charge in [-0.15, -0.1) is 0 Å². The molecule has 1 saturated heterocycles. The molecule has 0 aromatic carbocycles. The van der Waals surface area contributed by atoms with E-state index < -0.39 is 0 Å². The van der Waals surface area contributed by atoms with Gasteiger partial charge in [0.1, 0.15) is 0 Å². The first-order valence-corrected chi connectivity index (χ1v) is 5.78. The normalized spacial score (nSPS) is 19.9. The summed E-state index contributed by atoms with van der Waals surface area (Å²) in [6.07, 6.45) is 1.79. The zero-order chi connectivity index (χ0) is 11.1. The summed E-state index contributed by atoms with van der Waals surface area (Å²) in [5, 5.41) is 3.32. The van der Waals surface area contributed by atoms with E-state index in [1.807, 2.05) is 6.92 Å². The van der Waals surface area contributed by atoms with Gasteiger partial charge in [0.15, 0.2) is 0 Å². The van der Waals surface area contributed by atoms with Crippen molar-refractivity contribution in [3.8, 4) is 0 Å². The molecule has 1 aliphatic rings. The Morgan fingerprint density at radius 2 is 2.13 bits per heavy atom. The maximum absolute atomic E-state index is 11.4. The molecule has 4 nitrogen and oxygen atoms in total. The molecule has 0 saturated carbocycles. The Balaban J connectivity index is 2.23. The summed E-state index contributed by atoms with van der Waals surface area (Å²) in [7, 11) is 1.47. The molecule has 0 amide bonds. The lowest BCUT2D eigenvalue weighted by Crippen LogP contribution is -2.44. The molecule has 1 rings (SSSR count). The van der Waals surface area contributed by atoms with Gasteiger partial charge < -0.3 is 15.0 Å². The number of rotatable bonds is 5. The van der Waals surface area contributed by atoms with Gasteiger partial charge in [-0.1, -0.05) is 6.92 Å². The molecule has 1 unspecified atom stereocenters. The quantitative estimate of drug-likeness (QED) is 0.676. The van der Waals surface area contributed by atoms with Gasteiger partial charge in [0.25, 0.3) is 0 Å². The summed E-state index contributed by atoms with van der Waals surface area (Å²) >= 11 is 0. The van der Waals surface area contributed by atoms with Crippen LogP contribution < -0.4 is 5.32 Å². The number of carbonyl (C=O) groups excluding carboxylic acids is 1. The van der Waals surface area contributed by atoms with Crippen LogP contribution in [0.3, 0.4) is 0 Å². The van der Waals surface area contributed by atoms with E-state index >= 15 is 0 Å². The molecule has 1 atom stereocenters. The van der Waals surface area contributed by atoms with E-state index in [2.05, 4.69) is 10.2 Å². The number of nitrogens with one attached hydrogen (secondary N) is 1. The van der Waals surface area contributed by atoms with Crippen LogP contribution in [0.2, 0.25) is 0 Å². The fourth-order valence-corrected chi connectivity index (χ4v) is 1.93. The van der Waals surface area contributed by atoms with Gasteiger partial charge in [-0.3, -0.25) is 4.79 Å². The van der Waals surface area contributed by atoms with E-state index in [-0.39, 0.29) is 11.9 Å². The van der Waals surface area contributed by atoms with Crippen LogP contribution in [0.5, 0.6) is 0 Å². The van der Waals surface area contributed by atoms with Crippen LogP contribution in [0.1, 0.15) is 19.8 Å². The highest BCUT2D eigenvalue weighted by Gasteiger charge is 2.18. The highest BCUT2D eigenvalue weighted by molar-refractivity contribution is 5.72. The molecule has 1 N–H and O–H groups in total. The minimum atomic E-state index is -0.0624. The second-order valence-electron chi connectivity index (χ2n) is 4.01. The second-order valence-corrected chi connectivity index (χ2v) is 4.01. The van der Waals surface area contributed by atoms with Crippen LogP contribution in [0.15, 0.2) is 0 Å². The van der Waals surface area contributed by atoms with Crippen molar-refractivity contribution in [1.29, 1.82) is 0 Å². The largest absolute Gasteiger partial charge is 0.469 e. The first-order valence-electron chi connectivity index (χ1n) is 5.78. The van der Waals surface area contributed by atoms with Crippen molar-refractivity contribution in [2.24, 2.45) is 5.92 Å². The van der Waals surface area contributed by atoms with Crippen molar-refractivity contribution in [3.63, 3.8) is 0 Å². The first-order chi connectivity index (χ1) is 7.27. The summed E-state index contributed by atoms with van der Waals surface area (Å²) in [6.45, 7) is 7.37. The zero-order valence-electron chi connectivity index (χ0n) is 9.79. The molecule has 1 fully saturated rings. The van der Waals surface area contributed by atoms with Gasteiger partial charge in [-0.25, -0.2) is 0 Å². The average molecular weight is 214 g/mol. The minimum absolute atomic E-state index is 0.0624. The van der Waals surface area contributed by atoms with Crippen molar-refractivity contribution < 1.29 is 9.53 Å². The van der Waals surface area contributed by atoms with Crippen molar-refractivity contribution in [2.75, 3.05) is 39.8 Å². The maximum atomic E-state index is 11.4. The first kappa shape index (κ1) is 12.5. The highest BCUT2D eigenvalue weighted by Crippen LogP contribution is 2.11. The Hall–Kier alpha value is -0.610. The smallest absolute Gasteiger partial charge is 0.308 e. The van der Waals surface area contributed by atoms with Crippen molar-refractivity contribution >= 4 is 5.97 Å². The average Bonchev–Trinajstić information content (AvgIpc) is 2.31. The zero-order valence-corrected chi connectivity index (χ0v) is 9.79. The molecule has 0 aliphatic carbocycles. The summed E-state index contributed by atoms with van der Waals surface area (Å²) in [5.74, 6) is 0.0116. The molecule has 4 heteroatoms. The number of carbonyl (C=O) groups is 1. The second kappa shape index (κ2) is 6.80. The van der Waals surface area contributed by atoms with Crippen LogP contribution >= 0.6 is 0 Å². The van der Waals surface area contributed by atoms with Gasteiger partial charge >= 0.3 is 5.97 Å². The Morgan fingerprint density at radius 3 is 2.67 bits per heavy atom. The van der Waals surface area contributed by atoms with Crippen LogP contribution in [-0.2, 0) is 9.53 Å². The van der Waals surface area contributed by atoms with Crippen LogP contribution in [0.25, 0.3) is 0 Å². The van der Waals surface area contributed by atoms with E-state index in [9.17, 15) is 4.79 Å². The molecule has 88 valence electrons. The third kappa shape index (κ3) is 4.18. The summed E-state index contributed by atoms with van der Waals surface area (Å²) in [4.78, 5) is 13.8. The number of hydrogen-bond acceptors (Lipinski definition) is 4. The molecule has 0 radical (unpaired) electrons. The van der Waals surface area contributed by atoms with Gasteiger partial charge in [-0.2, -0.15) is 0 Å². The number of piperazine rings is 1. The lowest BCUT2D eigenvalue weighted by Gasteiger charge is -2.28. The van der Waals surface area contributed by atoms with E-state index in [4.69, 9.17) is 4.74 Å². The van der Waals surface area contributed by atoms with Crippen molar-refractivity contribution in [1.82, 2.24) is 10.2 Å². The molecule has 0 aromatic heterocycles. The fraction of sp³-hybridized carbons (Fsp3) is 0.909. The Kier molecular flexibility index (Phi) is 5.65. The van der Waals surface area contributed by atoms with E-state index in [0.29, 0.717) is 0 Å². The Labute approximate surface area is 92.0 Å². The standard InChI is InChI=1S/C11H22N2O2/c1-3-10(11(14)15-2)4-7-13-8-5-12-6-9-13/h10,12H,3-9H2,1-2H3. The molecule has 1 aliphatic heterocycles. The number of nitrogens with zero attached hydrogens (tertiary/aromatic N) is 1. The van der Waals surface area contributed by atoms with Gasteiger partial charge in [0, 0.05) is 26.2 Å². The van der Waals surface area contributed by atoms with Crippen molar-refractivity contribution in [3.05, 3.63) is 0 Å². The third-order valence-electron chi connectivity index (χ3n) is 3.03. The Bertz CT molecular complexity index is 191. The summed E-state index contributed by atoms with van der Waals surface area (Å²) < 4.78 is 4.77. The van der Waals surface area contributed by atoms with Gasteiger partial charge in [-0.05, 0) is 19.4 Å². The predicted molar refractivity (Wildman–Crippen MR) is 59.7 cm³/mol. The van der Waals surface area contributed by atoms with E-state index in [1.165, 1.54) is 7.11 Å². The summed E-state index contributed by atoms with van der Waals surface area (Å²) in [5.41, 5.74) is 0. The number of ether oxygens (including phenoxy) is 1. The molecule has 0 bridgehead atoms. The molecule has 0 spiro atoms. The van der Waals surface area contributed by atoms with Crippen molar-refractivity contribution in [2.45, 2.75) is 19.8 Å². The van der Waals surface area contributed by atoms with E-state index in [1.54, 1.807) is 0 Å². The fourth-order valence-electron chi connectivity index (χ4n) is 1.93. The SMILES string of the molecule is CCC(CCN1CCNCC1)C(=O)OC. The van der Waals surface area contributed by atoms with Gasteiger partial charge in [0.05, 0.1) is 13.0 Å². The van der Waals surface area contributed by atoms with Crippen LogP contribution in [-0.4, -0.2) is 50.7 Å².